The van der Waals surface area contributed by atoms with E-state index in [-0.39, 0.29) is 0 Å². The predicted molar refractivity (Wildman–Crippen MR) is 102 cm³/mol. The number of aryl methyl sites for hydroxylation is 1. The Morgan fingerprint density at radius 3 is 2.48 bits per heavy atom. The first-order chi connectivity index (χ1) is 12.1. The van der Waals surface area contributed by atoms with E-state index in [2.05, 4.69) is 30.0 Å². The summed E-state index contributed by atoms with van der Waals surface area (Å²) in [5.41, 5.74) is 3.73. The van der Waals surface area contributed by atoms with Crippen LogP contribution in [-0.4, -0.2) is 40.4 Å². The third-order valence-corrected chi connectivity index (χ3v) is 5.15. The molecule has 1 N–H and O–H groups in total. The first kappa shape index (κ1) is 17.9. The maximum atomic E-state index is 6.18. The van der Waals surface area contributed by atoms with Crippen molar-refractivity contribution in [2.75, 3.05) is 45.3 Å². The number of quaternary nitrogens is 1. The van der Waals surface area contributed by atoms with E-state index in [1.165, 1.54) is 16.8 Å². The summed E-state index contributed by atoms with van der Waals surface area (Å²) in [6.45, 7) is 7.33. The Balaban J connectivity index is 1.66. The summed E-state index contributed by atoms with van der Waals surface area (Å²) in [5.74, 6) is 1.81. The number of rotatable bonds is 5. The third-order valence-electron chi connectivity index (χ3n) is 4.91. The van der Waals surface area contributed by atoms with Crippen molar-refractivity contribution in [1.82, 2.24) is 0 Å². The SMILES string of the molecule is COc1ccc(OC)c(C[NH+]2CCN(c3cc(Cl)ccc3C)CC2)c1. The van der Waals surface area contributed by atoms with Gasteiger partial charge >= 0.3 is 0 Å². The van der Waals surface area contributed by atoms with Crippen molar-refractivity contribution in [2.24, 2.45) is 0 Å². The normalized spacial score (nSPS) is 15.3. The third kappa shape index (κ3) is 4.20. The molecule has 2 aromatic carbocycles. The van der Waals surface area contributed by atoms with Crippen LogP contribution in [0.2, 0.25) is 5.02 Å². The van der Waals surface area contributed by atoms with Crippen LogP contribution in [0.4, 0.5) is 5.69 Å². The Labute approximate surface area is 154 Å². The van der Waals surface area contributed by atoms with Crippen LogP contribution in [0.1, 0.15) is 11.1 Å². The molecular formula is C20H26ClN2O2+. The van der Waals surface area contributed by atoms with Crippen molar-refractivity contribution < 1.29 is 14.4 Å². The minimum atomic E-state index is 0.802. The topological polar surface area (TPSA) is 26.1 Å². The minimum Gasteiger partial charge on any atom is -0.497 e. The van der Waals surface area contributed by atoms with Crippen molar-refractivity contribution in [3.05, 3.63) is 52.5 Å². The molecule has 0 aliphatic carbocycles. The average molecular weight is 362 g/mol. The van der Waals surface area contributed by atoms with Crippen LogP contribution in [-0.2, 0) is 6.54 Å². The van der Waals surface area contributed by atoms with Gasteiger partial charge in [0.15, 0.2) is 0 Å². The highest BCUT2D eigenvalue weighted by Crippen LogP contribution is 2.25. The molecule has 1 heterocycles. The van der Waals surface area contributed by atoms with Crippen LogP contribution in [0.25, 0.3) is 0 Å². The Morgan fingerprint density at radius 1 is 1.04 bits per heavy atom. The highest BCUT2D eigenvalue weighted by atomic mass is 35.5. The molecule has 2 aromatic rings. The van der Waals surface area contributed by atoms with Crippen molar-refractivity contribution in [2.45, 2.75) is 13.5 Å². The monoisotopic (exact) mass is 361 g/mol. The maximum absolute atomic E-state index is 6.18. The second-order valence-electron chi connectivity index (χ2n) is 6.52. The fourth-order valence-corrected chi connectivity index (χ4v) is 3.62. The highest BCUT2D eigenvalue weighted by molar-refractivity contribution is 6.30. The largest absolute Gasteiger partial charge is 0.497 e. The lowest BCUT2D eigenvalue weighted by Crippen LogP contribution is -3.13. The zero-order chi connectivity index (χ0) is 17.8. The van der Waals surface area contributed by atoms with Crippen LogP contribution >= 0.6 is 11.6 Å². The molecule has 5 heteroatoms. The molecular weight excluding hydrogens is 336 g/mol. The zero-order valence-corrected chi connectivity index (χ0v) is 15.9. The molecule has 0 aromatic heterocycles. The van der Waals surface area contributed by atoms with E-state index in [4.69, 9.17) is 21.1 Å². The minimum absolute atomic E-state index is 0.802. The predicted octanol–water partition coefficient (Wildman–Crippen LogP) is 2.57. The molecule has 4 nitrogen and oxygen atoms in total. The number of ether oxygens (including phenoxy) is 2. The summed E-state index contributed by atoms with van der Waals surface area (Å²) in [4.78, 5) is 4.00. The number of methoxy groups -OCH3 is 2. The highest BCUT2D eigenvalue weighted by Gasteiger charge is 2.22. The lowest BCUT2D eigenvalue weighted by molar-refractivity contribution is -0.914. The van der Waals surface area contributed by atoms with Crippen LogP contribution in [0.3, 0.4) is 0 Å². The van der Waals surface area contributed by atoms with Gasteiger partial charge in [-0.05, 0) is 42.8 Å². The molecule has 25 heavy (non-hydrogen) atoms. The summed E-state index contributed by atoms with van der Waals surface area (Å²) in [5, 5.41) is 0.802. The lowest BCUT2D eigenvalue weighted by atomic mass is 10.1. The van der Waals surface area contributed by atoms with Gasteiger partial charge in [0.2, 0.25) is 0 Å². The van der Waals surface area contributed by atoms with Gasteiger partial charge in [-0.25, -0.2) is 0 Å². The molecule has 1 saturated heterocycles. The van der Waals surface area contributed by atoms with Gasteiger partial charge in [-0.2, -0.15) is 0 Å². The standard InChI is InChI=1S/C20H25ClN2O2/c1-15-4-5-17(21)13-19(15)23-10-8-22(9-11-23)14-16-12-18(24-2)6-7-20(16)25-3/h4-7,12-13H,8-11,14H2,1-3H3/p+1. The van der Waals surface area contributed by atoms with Crippen LogP contribution in [0.5, 0.6) is 11.5 Å². The Morgan fingerprint density at radius 2 is 1.80 bits per heavy atom. The number of nitrogens with one attached hydrogen (secondary N) is 1. The molecule has 1 fully saturated rings. The van der Waals surface area contributed by atoms with Gasteiger partial charge in [0, 0.05) is 10.7 Å². The molecule has 134 valence electrons. The van der Waals surface area contributed by atoms with Crippen LogP contribution < -0.4 is 19.3 Å². The average Bonchev–Trinajstić information content (AvgIpc) is 2.64. The van der Waals surface area contributed by atoms with E-state index in [1.54, 1.807) is 19.1 Å². The Hall–Kier alpha value is -1.91. The van der Waals surface area contributed by atoms with E-state index in [9.17, 15) is 0 Å². The number of piperazine rings is 1. The lowest BCUT2D eigenvalue weighted by Gasteiger charge is -2.34. The first-order valence-corrected chi connectivity index (χ1v) is 9.04. The van der Waals surface area contributed by atoms with Crippen molar-refractivity contribution in [3.63, 3.8) is 0 Å². The van der Waals surface area contributed by atoms with Gasteiger partial charge in [0.05, 0.1) is 46.0 Å². The molecule has 0 saturated carbocycles. The molecule has 0 radical (unpaired) electrons. The van der Waals surface area contributed by atoms with Gasteiger partial charge in [-0.1, -0.05) is 17.7 Å². The van der Waals surface area contributed by atoms with E-state index in [1.807, 2.05) is 18.2 Å². The Bertz CT molecular complexity index is 728. The number of benzene rings is 2. The summed E-state index contributed by atoms with van der Waals surface area (Å²) in [6, 6.07) is 12.1. The van der Waals surface area contributed by atoms with E-state index in [0.29, 0.717) is 0 Å². The molecule has 1 aliphatic rings. The summed E-state index contributed by atoms with van der Waals surface area (Å²) >= 11 is 6.18. The summed E-state index contributed by atoms with van der Waals surface area (Å²) in [6.07, 6.45) is 0. The molecule has 0 amide bonds. The fourth-order valence-electron chi connectivity index (χ4n) is 3.45. The van der Waals surface area contributed by atoms with Crippen LogP contribution in [0, 0.1) is 6.92 Å². The van der Waals surface area contributed by atoms with Crippen molar-refractivity contribution in [1.29, 1.82) is 0 Å². The maximum Gasteiger partial charge on any atom is 0.127 e. The van der Waals surface area contributed by atoms with Gasteiger partial charge in [-0.3, -0.25) is 0 Å². The summed E-state index contributed by atoms with van der Waals surface area (Å²) < 4.78 is 10.9. The number of hydrogen-bond acceptors (Lipinski definition) is 3. The number of hydrogen-bond donors (Lipinski definition) is 1. The second kappa shape index (κ2) is 7.98. The quantitative estimate of drug-likeness (QED) is 0.886. The molecule has 0 unspecified atom stereocenters. The van der Waals surface area contributed by atoms with E-state index >= 15 is 0 Å². The Kier molecular flexibility index (Phi) is 5.71. The fraction of sp³-hybridized carbons (Fsp3) is 0.400. The second-order valence-corrected chi connectivity index (χ2v) is 6.96. The molecule has 0 atom stereocenters. The number of anilines is 1. The van der Waals surface area contributed by atoms with Gasteiger partial charge in [-0.15, -0.1) is 0 Å². The molecule has 0 bridgehead atoms. The van der Waals surface area contributed by atoms with Gasteiger partial charge in [0.1, 0.15) is 18.0 Å². The van der Waals surface area contributed by atoms with Crippen molar-refractivity contribution in [3.8, 4) is 11.5 Å². The molecule has 0 spiro atoms. The van der Waals surface area contributed by atoms with Gasteiger partial charge in [0.25, 0.3) is 0 Å². The zero-order valence-electron chi connectivity index (χ0n) is 15.1. The smallest absolute Gasteiger partial charge is 0.127 e. The first-order valence-electron chi connectivity index (χ1n) is 8.66. The van der Waals surface area contributed by atoms with Gasteiger partial charge < -0.3 is 19.3 Å². The number of halogens is 1. The van der Waals surface area contributed by atoms with Crippen LogP contribution in [0.15, 0.2) is 36.4 Å². The van der Waals surface area contributed by atoms with Crippen molar-refractivity contribution >= 4 is 17.3 Å². The van der Waals surface area contributed by atoms with E-state index < -0.39 is 0 Å². The molecule has 1 aliphatic heterocycles. The van der Waals surface area contributed by atoms with E-state index in [0.717, 1.165) is 49.2 Å². The molecule has 3 rings (SSSR count). The summed E-state index contributed by atoms with van der Waals surface area (Å²) in [7, 11) is 3.42. The number of nitrogens with zero attached hydrogens (tertiary/aromatic N) is 1.